The topological polar surface area (TPSA) is 84.7 Å². The Kier molecular flexibility index (Phi) is 3.62. The average molecular weight is 327 g/mol. The molecular formula is C13H17N3O3S2. The maximum absolute atomic E-state index is 12.2. The molecule has 21 heavy (non-hydrogen) atoms. The smallest absolute Gasteiger partial charge is 0.333 e. The number of hydrogen-bond donors (Lipinski definition) is 3. The molecule has 3 amide bonds. The van der Waals surface area contributed by atoms with Gasteiger partial charge in [0.05, 0.1) is 18.8 Å². The van der Waals surface area contributed by atoms with Crippen LogP contribution in [0.5, 0.6) is 0 Å². The summed E-state index contributed by atoms with van der Waals surface area (Å²) in [6.07, 6.45) is 2.54. The summed E-state index contributed by atoms with van der Waals surface area (Å²) < 4.78 is 6.58. The van der Waals surface area contributed by atoms with E-state index < -0.39 is 5.91 Å². The third-order valence-electron chi connectivity index (χ3n) is 3.84. The molecule has 1 fully saturated rings. The van der Waals surface area contributed by atoms with Crippen LogP contribution in [-0.4, -0.2) is 24.1 Å². The van der Waals surface area contributed by atoms with Crippen LogP contribution < -0.4 is 15.4 Å². The maximum Gasteiger partial charge on any atom is 0.333 e. The van der Waals surface area contributed by atoms with Crippen molar-refractivity contribution in [3.8, 4) is 0 Å². The number of ether oxygens (including phenoxy) is 1. The second-order valence-electron chi connectivity index (χ2n) is 5.65. The fourth-order valence-electron chi connectivity index (χ4n) is 2.34. The van der Waals surface area contributed by atoms with E-state index in [1.165, 1.54) is 15.6 Å². The fraction of sp³-hybridized carbons (Fsp3) is 0.538. The van der Waals surface area contributed by atoms with E-state index in [4.69, 9.17) is 10.5 Å². The van der Waals surface area contributed by atoms with Gasteiger partial charge in [0, 0.05) is 10.4 Å². The Morgan fingerprint density at radius 1 is 1.48 bits per heavy atom. The third kappa shape index (κ3) is 2.75. The number of anilines is 1. The summed E-state index contributed by atoms with van der Waals surface area (Å²) in [5, 5.41) is 3.38. The molecule has 3 N–H and O–H groups in total. The number of carbonyl (C=O) groups is 2. The lowest BCUT2D eigenvalue weighted by Gasteiger charge is -2.19. The van der Waals surface area contributed by atoms with Crippen LogP contribution in [0.3, 0.4) is 0 Å². The molecular weight excluding hydrogens is 310 g/mol. The van der Waals surface area contributed by atoms with E-state index in [2.05, 4.69) is 18.1 Å². The van der Waals surface area contributed by atoms with Crippen molar-refractivity contribution in [2.45, 2.75) is 38.3 Å². The standard InChI is InChI=1S/C13H17N3O3S2/c1-13(3-4-13)15-12(18)16(20)11-9(10(14)17)7-2-5-19-6-8(7)21-11/h20H,2-6H2,1H3,(H2,14,17)(H,15,18). The second kappa shape index (κ2) is 5.19. The van der Waals surface area contributed by atoms with Crippen molar-refractivity contribution in [1.82, 2.24) is 5.32 Å². The minimum atomic E-state index is -0.533. The van der Waals surface area contributed by atoms with Crippen LogP contribution in [0, 0.1) is 0 Å². The highest BCUT2D eigenvalue weighted by molar-refractivity contribution is 7.83. The van der Waals surface area contributed by atoms with Crippen LogP contribution in [0.4, 0.5) is 9.80 Å². The van der Waals surface area contributed by atoms with E-state index in [-0.39, 0.29) is 11.6 Å². The third-order valence-corrected chi connectivity index (χ3v) is 5.55. The summed E-state index contributed by atoms with van der Waals surface area (Å²) in [7, 11) is 0. The van der Waals surface area contributed by atoms with Gasteiger partial charge in [-0.15, -0.1) is 11.3 Å². The lowest BCUT2D eigenvalue weighted by Crippen LogP contribution is -2.41. The first kappa shape index (κ1) is 14.7. The number of amides is 3. The van der Waals surface area contributed by atoms with Crippen LogP contribution in [0.15, 0.2) is 0 Å². The van der Waals surface area contributed by atoms with Gasteiger partial charge >= 0.3 is 6.03 Å². The molecule has 8 heteroatoms. The van der Waals surface area contributed by atoms with Crippen molar-refractivity contribution in [3.05, 3.63) is 16.0 Å². The lowest BCUT2D eigenvalue weighted by atomic mass is 10.1. The average Bonchev–Trinajstić information content (AvgIpc) is 3.03. The SMILES string of the molecule is CC1(NC(=O)N(S)c2sc3c(c2C(N)=O)CCOC3)CC1. The number of carbonyl (C=O) groups excluding carboxylic acids is 2. The highest BCUT2D eigenvalue weighted by Gasteiger charge is 2.40. The molecule has 0 bridgehead atoms. The molecule has 0 aromatic carbocycles. The van der Waals surface area contributed by atoms with Crippen molar-refractivity contribution in [1.29, 1.82) is 0 Å². The van der Waals surface area contributed by atoms with E-state index in [1.807, 2.05) is 6.92 Å². The molecule has 3 rings (SSSR count). The molecule has 2 aliphatic rings. The zero-order valence-electron chi connectivity index (χ0n) is 11.6. The van der Waals surface area contributed by atoms with Crippen LogP contribution >= 0.6 is 24.2 Å². The summed E-state index contributed by atoms with van der Waals surface area (Å²) >= 11 is 5.60. The van der Waals surface area contributed by atoms with Gasteiger partial charge in [-0.1, -0.05) is 12.8 Å². The number of thiol groups is 1. The molecule has 1 aromatic rings. The molecule has 0 saturated heterocycles. The number of rotatable bonds is 3. The second-order valence-corrected chi connectivity index (χ2v) is 7.14. The van der Waals surface area contributed by atoms with Gasteiger partial charge in [0.25, 0.3) is 5.91 Å². The number of urea groups is 1. The minimum Gasteiger partial charge on any atom is -0.376 e. The first-order chi connectivity index (χ1) is 9.91. The predicted molar refractivity (Wildman–Crippen MR) is 83.8 cm³/mol. The molecule has 2 heterocycles. The Bertz CT molecular complexity index is 610. The maximum atomic E-state index is 12.2. The summed E-state index contributed by atoms with van der Waals surface area (Å²) in [4.78, 5) is 25.0. The molecule has 1 saturated carbocycles. The number of thiophene rings is 1. The van der Waals surface area contributed by atoms with Crippen LogP contribution in [0.25, 0.3) is 0 Å². The van der Waals surface area contributed by atoms with Gasteiger partial charge in [-0.2, -0.15) is 0 Å². The van der Waals surface area contributed by atoms with Crippen molar-refractivity contribution in [3.63, 3.8) is 0 Å². The van der Waals surface area contributed by atoms with E-state index in [0.29, 0.717) is 30.2 Å². The van der Waals surface area contributed by atoms with Crippen molar-refractivity contribution < 1.29 is 14.3 Å². The molecule has 1 aliphatic heterocycles. The Labute approximate surface area is 132 Å². The quantitative estimate of drug-likeness (QED) is 0.741. The van der Waals surface area contributed by atoms with Gasteiger partial charge in [0.15, 0.2) is 0 Å². The van der Waals surface area contributed by atoms with Gasteiger partial charge in [-0.3, -0.25) is 4.79 Å². The molecule has 0 unspecified atom stereocenters. The number of fused-ring (bicyclic) bond motifs is 1. The van der Waals surface area contributed by atoms with Gasteiger partial charge < -0.3 is 15.8 Å². The minimum absolute atomic E-state index is 0.148. The molecule has 0 spiro atoms. The number of nitrogens with one attached hydrogen (secondary N) is 1. The first-order valence-corrected chi connectivity index (χ1v) is 7.96. The Morgan fingerprint density at radius 2 is 2.19 bits per heavy atom. The van der Waals surface area contributed by atoms with E-state index >= 15 is 0 Å². The lowest BCUT2D eigenvalue weighted by molar-refractivity contribution is 0.0991. The summed E-state index contributed by atoms with van der Waals surface area (Å²) in [6, 6.07) is -0.333. The summed E-state index contributed by atoms with van der Waals surface area (Å²) in [6.45, 7) is 2.98. The highest BCUT2D eigenvalue weighted by Crippen LogP contribution is 2.40. The molecule has 0 atom stereocenters. The van der Waals surface area contributed by atoms with Crippen LogP contribution in [-0.2, 0) is 17.8 Å². The molecule has 6 nitrogen and oxygen atoms in total. The van der Waals surface area contributed by atoms with E-state index in [0.717, 1.165) is 23.3 Å². The zero-order valence-corrected chi connectivity index (χ0v) is 13.4. The van der Waals surface area contributed by atoms with Crippen LogP contribution in [0.2, 0.25) is 0 Å². The fourth-order valence-corrected chi connectivity index (χ4v) is 3.81. The first-order valence-electron chi connectivity index (χ1n) is 6.74. The van der Waals surface area contributed by atoms with E-state index in [1.54, 1.807) is 0 Å². The normalized spacial score (nSPS) is 18.8. The van der Waals surface area contributed by atoms with Gasteiger partial charge in [0.1, 0.15) is 5.00 Å². The van der Waals surface area contributed by atoms with Crippen molar-refractivity contribution in [2.24, 2.45) is 5.73 Å². The van der Waals surface area contributed by atoms with Crippen molar-refractivity contribution in [2.75, 3.05) is 10.9 Å². The number of primary amides is 1. The van der Waals surface area contributed by atoms with E-state index in [9.17, 15) is 9.59 Å². The number of hydrogen-bond acceptors (Lipinski definition) is 5. The number of nitrogens with zero attached hydrogens (tertiary/aromatic N) is 1. The summed E-state index contributed by atoms with van der Waals surface area (Å²) in [5.74, 6) is -0.533. The highest BCUT2D eigenvalue weighted by atomic mass is 32.1. The largest absolute Gasteiger partial charge is 0.376 e. The van der Waals surface area contributed by atoms with Gasteiger partial charge in [-0.25, -0.2) is 9.10 Å². The molecule has 1 aromatic heterocycles. The van der Waals surface area contributed by atoms with Crippen molar-refractivity contribution >= 4 is 41.1 Å². The molecule has 0 radical (unpaired) electrons. The van der Waals surface area contributed by atoms with Gasteiger partial charge in [-0.05, 0) is 31.7 Å². The van der Waals surface area contributed by atoms with Crippen LogP contribution in [0.1, 0.15) is 40.6 Å². The Morgan fingerprint density at radius 3 is 2.81 bits per heavy atom. The van der Waals surface area contributed by atoms with Gasteiger partial charge in [0.2, 0.25) is 0 Å². The zero-order chi connectivity index (χ0) is 15.2. The Hall–Kier alpha value is -1.25. The predicted octanol–water partition coefficient (Wildman–Crippen LogP) is 1.83. The Balaban J connectivity index is 1.91. The summed E-state index contributed by atoms with van der Waals surface area (Å²) in [5.41, 5.74) is 6.63. The molecule has 1 aliphatic carbocycles. The monoisotopic (exact) mass is 327 g/mol. The number of nitrogens with two attached hydrogens (primary N) is 1. The molecule has 114 valence electrons.